The molecule has 0 saturated carbocycles. The smallest absolute Gasteiger partial charge is 0.259 e. The van der Waals surface area contributed by atoms with Crippen LogP contribution in [0.15, 0.2) is 61.1 Å². The second-order valence-corrected chi connectivity index (χ2v) is 10.3. The van der Waals surface area contributed by atoms with E-state index in [2.05, 4.69) is 63.4 Å². The predicted molar refractivity (Wildman–Crippen MR) is 141 cm³/mol. The highest BCUT2D eigenvalue weighted by Gasteiger charge is 2.38. The minimum Gasteiger partial charge on any atom is -0.367 e. The van der Waals surface area contributed by atoms with Crippen LogP contribution in [0.5, 0.6) is 0 Å². The molecule has 0 spiro atoms. The van der Waals surface area contributed by atoms with Crippen LogP contribution in [0.3, 0.4) is 0 Å². The van der Waals surface area contributed by atoms with Gasteiger partial charge in [0.15, 0.2) is 0 Å². The molecule has 182 valence electrons. The van der Waals surface area contributed by atoms with Gasteiger partial charge in [-0.2, -0.15) is 0 Å². The maximum Gasteiger partial charge on any atom is 0.259 e. The number of aromatic nitrogens is 2. The first kappa shape index (κ1) is 23.3. The summed E-state index contributed by atoms with van der Waals surface area (Å²) in [5.41, 5.74) is 5.12. The zero-order chi connectivity index (χ0) is 24.4. The van der Waals surface area contributed by atoms with Gasteiger partial charge < -0.3 is 20.4 Å². The quantitative estimate of drug-likeness (QED) is 0.551. The molecule has 0 bridgehead atoms. The van der Waals surface area contributed by atoms with Crippen LogP contribution in [0.4, 0.5) is 17.2 Å². The van der Waals surface area contributed by atoms with Gasteiger partial charge in [0.1, 0.15) is 5.82 Å². The van der Waals surface area contributed by atoms with Crippen LogP contribution in [0.2, 0.25) is 0 Å². The summed E-state index contributed by atoms with van der Waals surface area (Å²) in [6.07, 6.45) is 7.55. The number of benzene rings is 1. The van der Waals surface area contributed by atoms with E-state index < -0.39 is 0 Å². The van der Waals surface area contributed by atoms with Crippen LogP contribution in [0, 0.1) is 0 Å². The van der Waals surface area contributed by atoms with Crippen LogP contribution < -0.4 is 15.5 Å². The lowest BCUT2D eigenvalue weighted by atomic mass is 9.87. The monoisotopic (exact) mass is 470 g/mol. The topological polar surface area (TPSA) is 73.4 Å². The van der Waals surface area contributed by atoms with Gasteiger partial charge in [0, 0.05) is 54.5 Å². The number of fused-ring (bicyclic) bond motifs is 1. The highest BCUT2D eigenvalue weighted by Crippen LogP contribution is 2.44. The number of carbonyl (C=O) groups excluding carboxylic acids is 1. The minimum atomic E-state index is -0.168. The maximum atomic E-state index is 13.3. The summed E-state index contributed by atoms with van der Waals surface area (Å²) in [5, 5.41) is 6.41. The predicted octanol–water partition coefficient (Wildman–Crippen LogP) is 4.53. The number of amides is 1. The van der Waals surface area contributed by atoms with E-state index in [1.807, 2.05) is 18.2 Å². The van der Waals surface area contributed by atoms with E-state index in [0.717, 1.165) is 30.9 Å². The Balaban J connectivity index is 1.34. The number of pyridine rings is 2. The summed E-state index contributed by atoms with van der Waals surface area (Å²) in [6.45, 7) is 8.47. The van der Waals surface area contributed by atoms with Gasteiger partial charge in [-0.05, 0) is 80.5 Å². The molecule has 2 N–H and O–H groups in total. The molecule has 7 heteroatoms. The van der Waals surface area contributed by atoms with E-state index in [9.17, 15) is 4.79 Å². The molecule has 0 unspecified atom stereocenters. The molecule has 2 aliphatic rings. The highest BCUT2D eigenvalue weighted by molar-refractivity contribution is 6.07. The lowest BCUT2D eigenvalue weighted by Gasteiger charge is -2.37. The molecule has 0 aliphatic carbocycles. The van der Waals surface area contributed by atoms with E-state index in [1.54, 1.807) is 30.7 Å². The first-order valence-corrected chi connectivity index (χ1v) is 12.4. The minimum absolute atomic E-state index is 0.0919. The Morgan fingerprint density at radius 3 is 2.63 bits per heavy atom. The molecule has 2 aromatic heterocycles. The molecule has 1 saturated heterocycles. The number of nitrogens with zero attached hydrogens (tertiary/aromatic N) is 4. The molecule has 1 aromatic carbocycles. The Morgan fingerprint density at radius 1 is 1.09 bits per heavy atom. The number of carbonyl (C=O) groups is 1. The fourth-order valence-corrected chi connectivity index (χ4v) is 5.26. The average Bonchev–Trinajstić information content (AvgIpc) is 3.14. The summed E-state index contributed by atoms with van der Waals surface area (Å²) in [7, 11) is 2.20. The maximum absolute atomic E-state index is 13.3. The number of hydrogen-bond acceptors (Lipinski definition) is 6. The fourth-order valence-electron chi connectivity index (χ4n) is 5.26. The van der Waals surface area contributed by atoms with Crippen molar-refractivity contribution in [2.75, 3.05) is 42.2 Å². The van der Waals surface area contributed by atoms with Crippen molar-refractivity contribution in [1.29, 1.82) is 0 Å². The summed E-state index contributed by atoms with van der Waals surface area (Å²) < 4.78 is 0. The molecular weight excluding hydrogens is 436 g/mol. The van der Waals surface area contributed by atoms with Gasteiger partial charge in [0.05, 0.1) is 5.56 Å². The molecule has 1 amide bonds. The van der Waals surface area contributed by atoms with E-state index >= 15 is 0 Å². The Labute approximate surface area is 207 Å². The van der Waals surface area contributed by atoms with E-state index in [4.69, 9.17) is 0 Å². The van der Waals surface area contributed by atoms with Crippen molar-refractivity contribution in [1.82, 2.24) is 14.9 Å². The Bertz CT molecular complexity index is 1190. The molecule has 1 fully saturated rings. The molecule has 5 rings (SSSR count). The molecule has 0 atom stereocenters. The van der Waals surface area contributed by atoms with Crippen LogP contribution in [0.25, 0.3) is 0 Å². The zero-order valence-corrected chi connectivity index (χ0v) is 20.8. The third-order valence-electron chi connectivity index (χ3n) is 7.25. The van der Waals surface area contributed by atoms with Crippen molar-refractivity contribution in [3.05, 3.63) is 77.7 Å². The van der Waals surface area contributed by atoms with Gasteiger partial charge in [-0.3, -0.25) is 9.78 Å². The number of anilines is 3. The van der Waals surface area contributed by atoms with Crippen molar-refractivity contribution in [3.63, 3.8) is 0 Å². The third kappa shape index (κ3) is 5.00. The standard InChI is InChI=1S/C28H34N6O/c1-28(2)19-34(22-10-15-33(3)16-11-22)25-17-21(6-7-24(25)28)32-27(35)23-5-4-12-30-26(23)31-18-20-8-13-29-14-9-20/h4-9,12-14,17,22H,10-11,15-16,18-19H2,1-3H3,(H,30,31)(H,32,35). The molecular formula is C28H34N6O. The van der Waals surface area contributed by atoms with E-state index in [0.29, 0.717) is 24.0 Å². The van der Waals surface area contributed by atoms with Crippen LogP contribution in [-0.2, 0) is 12.0 Å². The Hall–Kier alpha value is -3.45. The van der Waals surface area contributed by atoms with Crippen molar-refractivity contribution >= 4 is 23.1 Å². The lowest BCUT2D eigenvalue weighted by Crippen LogP contribution is -2.44. The summed E-state index contributed by atoms with van der Waals surface area (Å²) in [4.78, 5) is 26.7. The third-order valence-corrected chi connectivity index (χ3v) is 7.25. The number of nitrogens with one attached hydrogen (secondary N) is 2. The molecule has 7 nitrogen and oxygen atoms in total. The molecule has 4 heterocycles. The molecule has 0 radical (unpaired) electrons. The summed E-state index contributed by atoms with van der Waals surface area (Å²) >= 11 is 0. The van der Waals surface area contributed by atoms with Crippen LogP contribution >= 0.6 is 0 Å². The largest absolute Gasteiger partial charge is 0.367 e. The number of likely N-dealkylation sites (tertiary alicyclic amines) is 1. The van der Waals surface area contributed by atoms with Crippen molar-refractivity contribution < 1.29 is 4.79 Å². The van der Waals surface area contributed by atoms with Crippen molar-refractivity contribution in [2.24, 2.45) is 0 Å². The van der Waals surface area contributed by atoms with Gasteiger partial charge in [0.25, 0.3) is 5.91 Å². The first-order chi connectivity index (χ1) is 16.9. The fraction of sp³-hybridized carbons (Fsp3) is 0.393. The summed E-state index contributed by atoms with van der Waals surface area (Å²) in [6, 6.07) is 14.4. The van der Waals surface area contributed by atoms with Gasteiger partial charge in [-0.25, -0.2) is 4.98 Å². The van der Waals surface area contributed by atoms with Crippen LogP contribution in [0.1, 0.15) is 48.2 Å². The highest BCUT2D eigenvalue weighted by atomic mass is 16.1. The van der Waals surface area contributed by atoms with Crippen molar-refractivity contribution in [3.8, 4) is 0 Å². The number of hydrogen-bond donors (Lipinski definition) is 2. The second kappa shape index (κ2) is 9.66. The Kier molecular flexibility index (Phi) is 6.43. The van der Waals surface area contributed by atoms with E-state index in [1.165, 1.54) is 24.1 Å². The van der Waals surface area contributed by atoms with Crippen LogP contribution in [-0.4, -0.2) is 53.5 Å². The molecule has 35 heavy (non-hydrogen) atoms. The Morgan fingerprint density at radius 2 is 1.86 bits per heavy atom. The average molecular weight is 471 g/mol. The zero-order valence-electron chi connectivity index (χ0n) is 20.8. The second-order valence-electron chi connectivity index (χ2n) is 10.3. The van der Waals surface area contributed by atoms with Crippen molar-refractivity contribution in [2.45, 2.75) is 44.7 Å². The van der Waals surface area contributed by atoms with Gasteiger partial charge in [-0.15, -0.1) is 0 Å². The lowest BCUT2D eigenvalue weighted by molar-refractivity contribution is 0.102. The number of piperidine rings is 1. The first-order valence-electron chi connectivity index (χ1n) is 12.4. The van der Waals surface area contributed by atoms with Gasteiger partial charge >= 0.3 is 0 Å². The van der Waals surface area contributed by atoms with E-state index in [-0.39, 0.29) is 11.3 Å². The SMILES string of the molecule is CN1CCC(N2CC(C)(C)c3ccc(NC(=O)c4cccnc4NCc4ccncc4)cc32)CC1. The molecule has 3 aromatic rings. The van der Waals surface area contributed by atoms with Gasteiger partial charge in [0.2, 0.25) is 0 Å². The number of rotatable bonds is 6. The summed E-state index contributed by atoms with van der Waals surface area (Å²) in [5.74, 6) is 0.399. The van der Waals surface area contributed by atoms with Gasteiger partial charge in [-0.1, -0.05) is 19.9 Å². The molecule has 2 aliphatic heterocycles. The normalized spacial score (nSPS) is 17.7.